The molecule has 0 bridgehead atoms. The minimum absolute atomic E-state index is 0.0563. The van der Waals surface area contributed by atoms with Crippen molar-refractivity contribution in [2.24, 2.45) is 0 Å². The summed E-state index contributed by atoms with van der Waals surface area (Å²) in [5.74, 6) is 0.554. The molecule has 0 aromatic heterocycles. The zero-order valence-corrected chi connectivity index (χ0v) is 19.8. The van der Waals surface area contributed by atoms with Crippen LogP contribution in [0, 0.1) is 0 Å². The van der Waals surface area contributed by atoms with Gasteiger partial charge in [-0.3, -0.25) is 4.79 Å². The Morgan fingerprint density at radius 2 is 1.79 bits per heavy atom. The molecule has 1 N–H and O–H groups in total. The Labute approximate surface area is 195 Å². The lowest BCUT2D eigenvalue weighted by Crippen LogP contribution is -2.44. The average Bonchev–Trinajstić information content (AvgIpc) is 2.85. The summed E-state index contributed by atoms with van der Waals surface area (Å²) in [4.78, 5) is 26.2. The molecule has 1 atom stereocenters. The highest BCUT2D eigenvalue weighted by Crippen LogP contribution is 2.37. The fraction of sp³-hybridized carbons (Fsp3) is 0.462. The van der Waals surface area contributed by atoms with E-state index in [1.54, 1.807) is 32.2 Å². The van der Waals surface area contributed by atoms with Crippen molar-refractivity contribution in [1.29, 1.82) is 0 Å². The van der Waals surface area contributed by atoms with Crippen molar-refractivity contribution in [3.63, 3.8) is 0 Å². The Morgan fingerprint density at radius 1 is 1.09 bits per heavy atom. The van der Waals surface area contributed by atoms with Crippen LogP contribution in [0.5, 0.6) is 11.5 Å². The van der Waals surface area contributed by atoms with Crippen LogP contribution in [0.3, 0.4) is 0 Å². The quantitative estimate of drug-likeness (QED) is 0.550. The van der Waals surface area contributed by atoms with E-state index >= 15 is 0 Å². The highest BCUT2D eigenvalue weighted by atomic mass is 16.5. The summed E-state index contributed by atoms with van der Waals surface area (Å²) in [6.07, 6.45) is 1.86. The summed E-state index contributed by atoms with van der Waals surface area (Å²) >= 11 is 0. The molecule has 0 saturated carbocycles. The van der Waals surface area contributed by atoms with Gasteiger partial charge in [0, 0.05) is 18.9 Å². The molecule has 1 amide bonds. The van der Waals surface area contributed by atoms with E-state index in [4.69, 9.17) is 18.9 Å². The number of nitrogens with one attached hydrogen (secondary N) is 1. The Hall–Kier alpha value is -3.06. The van der Waals surface area contributed by atoms with Crippen LogP contribution in [0.1, 0.15) is 56.0 Å². The highest BCUT2D eigenvalue weighted by Gasteiger charge is 2.42. The fourth-order valence-corrected chi connectivity index (χ4v) is 3.91. The van der Waals surface area contributed by atoms with Gasteiger partial charge in [-0.25, -0.2) is 4.79 Å². The summed E-state index contributed by atoms with van der Waals surface area (Å²) in [6, 6.07) is 12.7. The summed E-state index contributed by atoms with van der Waals surface area (Å²) in [5.41, 5.74) is 0.978. The molecule has 1 fully saturated rings. The second-order valence-corrected chi connectivity index (χ2v) is 8.15. The van der Waals surface area contributed by atoms with Gasteiger partial charge in [-0.2, -0.15) is 0 Å². The number of carbonyl (C=O) groups is 2. The highest BCUT2D eigenvalue weighted by molar-refractivity contribution is 6.01. The molecule has 7 heteroatoms. The number of hydrogen-bond acceptors (Lipinski definition) is 6. The van der Waals surface area contributed by atoms with E-state index in [1.165, 1.54) is 0 Å². The van der Waals surface area contributed by atoms with Crippen LogP contribution in [0.2, 0.25) is 0 Å². The van der Waals surface area contributed by atoms with Gasteiger partial charge >= 0.3 is 5.97 Å². The van der Waals surface area contributed by atoms with Gasteiger partial charge in [-0.15, -0.1) is 0 Å². The van der Waals surface area contributed by atoms with Crippen LogP contribution in [-0.4, -0.2) is 44.9 Å². The van der Waals surface area contributed by atoms with Crippen LogP contribution >= 0.6 is 0 Å². The van der Waals surface area contributed by atoms with Crippen LogP contribution in [0.4, 0.5) is 5.69 Å². The number of amides is 1. The Bertz CT molecular complexity index is 950. The van der Waals surface area contributed by atoms with Crippen LogP contribution in [0.15, 0.2) is 42.5 Å². The first-order valence-electron chi connectivity index (χ1n) is 11.4. The molecule has 0 spiro atoms. The molecule has 3 rings (SSSR count). The predicted octanol–water partition coefficient (Wildman–Crippen LogP) is 4.74. The number of anilines is 1. The molecule has 178 valence electrons. The van der Waals surface area contributed by atoms with Crippen LogP contribution in [-0.2, 0) is 19.7 Å². The smallest absolute Gasteiger partial charge is 0.341 e. The average molecular weight is 456 g/mol. The Kier molecular flexibility index (Phi) is 8.33. The van der Waals surface area contributed by atoms with Crippen molar-refractivity contribution < 1.29 is 28.5 Å². The maximum Gasteiger partial charge on any atom is 0.341 e. The molecule has 33 heavy (non-hydrogen) atoms. The van der Waals surface area contributed by atoms with E-state index in [0.29, 0.717) is 43.1 Å². The van der Waals surface area contributed by atoms with Gasteiger partial charge in [0.2, 0.25) is 5.91 Å². The van der Waals surface area contributed by atoms with Gasteiger partial charge in [-0.05, 0) is 69.0 Å². The number of benzene rings is 2. The molecular formula is C26H33NO6. The molecule has 1 aliphatic heterocycles. The van der Waals surface area contributed by atoms with Crippen molar-refractivity contribution >= 4 is 17.6 Å². The fourth-order valence-electron chi connectivity index (χ4n) is 3.91. The number of rotatable bonds is 9. The largest absolute Gasteiger partial charge is 0.497 e. The first-order chi connectivity index (χ1) is 15.9. The maximum absolute atomic E-state index is 13.6. The zero-order valence-electron chi connectivity index (χ0n) is 19.8. The molecule has 1 saturated heterocycles. The lowest BCUT2D eigenvalue weighted by Gasteiger charge is -2.36. The van der Waals surface area contributed by atoms with E-state index in [2.05, 4.69) is 5.32 Å². The van der Waals surface area contributed by atoms with E-state index in [9.17, 15) is 9.59 Å². The predicted molar refractivity (Wildman–Crippen MR) is 126 cm³/mol. The van der Waals surface area contributed by atoms with Gasteiger partial charge < -0.3 is 24.3 Å². The Morgan fingerprint density at radius 3 is 2.39 bits per heavy atom. The maximum atomic E-state index is 13.6. The molecule has 1 heterocycles. The van der Waals surface area contributed by atoms with Gasteiger partial charge in [0.15, 0.2) is 0 Å². The van der Waals surface area contributed by atoms with Gasteiger partial charge in [0.1, 0.15) is 17.1 Å². The molecule has 2 aromatic carbocycles. The van der Waals surface area contributed by atoms with Gasteiger partial charge in [0.05, 0.1) is 25.2 Å². The minimum atomic E-state index is -0.736. The molecule has 7 nitrogen and oxygen atoms in total. The summed E-state index contributed by atoms with van der Waals surface area (Å²) in [5, 5.41) is 3.02. The monoisotopic (exact) mass is 455 g/mol. The number of hydrogen-bond donors (Lipinski definition) is 1. The molecule has 1 aliphatic rings. The third kappa shape index (κ3) is 5.66. The van der Waals surface area contributed by atoms with E-state index in [0.717, 1.165) is 17.7 Å². The van der Waals surface area contributed by atoms with Crippen molar-refractivity contribution in [2.75, 3.05) is 32.2 Å². The van der Waals surface area contributed by atoms with Crippen molar-refractivity contribution in [1.82, 2.24) is 0 Å². The van der Waals surface area contributed by atoms with Gasteiger partial charge in [-0.1, -0.05) is 19.1 Å². The number of ether oxygens (including phenoxy) is 4. The van der Waals surface area contributed by atoms with Crippen LogP contribution < -0.4 is 14.8 Å². The summed E-state index contributed by atoms with van der Waals surface area (Å²) in [7, 11) is 1.61. The molecule has 0 radical (unpaired) electrons. The Balaban J connectivity index is 1.91. The summed E-state index contributed by atoms with van der Waals surface area (Å²) in [6.45, 7) is 6.94. The molecular weight excluding hydrogens is 422 g/mol. The molecule has 2 aromatic rings. The van der Waals surface area contributed by atoms with E-state index < -0.39 is 11.4 Å². The SMILES string of the molecule is CCOC(=O)c1cc(NC(=O)C2(c3ccc(OC)cc3)CCOCC2)ccc1O[C@H](C)CC. The lowest BCUT2D eigenvalue weighted by molar-refractivity contribution is -0.125. The second kappa shape index (κ2) is 11.2. The first kappa shape index (κ1) is 24.6. The number of carbonyl (C=O) groups excluding carboxylic acids is 2. The normalized spacial score (nSPS) is 15.9. The van der Waals surface area contributed by atoms with Crippen molar-refractivity contribution in [3.05, 3.63) is 53.6 Å². The molecule has 0 aliphatic carbocycles. The second-order valence-electron chi connectivity index (χ2n) is 8.15. The zero-order chi connectivity index (χ0) is 23.8. The lowest BCUT2D eigenvalue weighted by atomic mass is 9.73. The minimum Gasteiger partial charge on any atom is -0.497 e. The topological polar surface area (TPSA) is 83.1 Å². The van der Waals surface area contributed by atoms with E-state index in [1.807, 2.05) is 38.1 Å². The third-order valence-corrected chi connectivity index (χ3v) is 6.06. The van der Waals surface area contributed by atoms with Gasteiger partial charge in [0.25, 0.3) is 0 Å². The van der Waals surface area contributed by atoms with Crippen molar-refractivity contribution in [3.8, 4) is 11.5 Å². The number of methoxy groups -OCH3 is 1. The standard InChI is InChI=1S/C26H33NO6/c1-5-18(3)33-23-12-9-20(17-22(23)24(28)32-6-2)27-25(29)26(13-15-31-16-14-26)19-7-10-21(30-4)11-8-19/h7-12,17-18H,5-6,13-16H2,1-4H3,(H,27,29)/t18-/m1/s1. The van der Waals surface area contributed by atoms with E-state index in [-0.39, 0.29) is 18.6 Å². The first-order valence-corrected chi connectivity index (χ1v) is 11.4. The van der Waals surface area contributed by atoms with Crippen molar-refractivity contribution in [2.45, 2.75) is 51.6 Å². The number of esters is 1. The third-order valence-electron chi connectivity index (χ3n) is 6.06. The summed E-state index contributed by atoms with van der Waals surface area (Å²) < 4.78 is 21.9. The molecule has 0 unspecified atom stereocenters. The van der Waals surface area contributed by atoms with Crippen LogP contribution in [0.25, 0.3) is 0 Å².